The lowest BCUT2D eigenvalue weighted by atomic mass is 9.80. The van der Waals surface area contributed by atoms with Crippen molar-refractivity contribution in [2.75, 3.05) is 0 Å². The SMILES string of the molecule is C=Cc1cc(-c2ccccc2)c(-c2ccccc2)c(-c2ccccc2)c1-c1ccccc1. The highest BCUT2D eigenvalue weighted by molar-refractivity contribution is 6.04. The second-order valence-corrected chi connectivity index (χ2v) is 7.81. The lowest BCUT2D eigenvalue weighted by Gasteiger charge is -2.23. The van der Waals surface area contributed by atoms with Crippen LogP contribution in [0.3, 0.4) is 0 Å². The third-order valence-electron chi connectivity index (χ3n) is 5.85. The van der Waals surface area contributed by atoms with Gasteiger partial charge in [0.05, 0.1) is 0 Å². The van der Waals surface area contributed by atoms with E-state index in [-0.39, 0.29) is 0 Å². The van der Waals surface area contributed by atoms with Crippen molar-refractivity contribution in [3.8, 4) is 44.5 Å². The monoisotopic (exact) mass is 408 g/mol. The molecule has 32 heavy (non-hydrogen) atoms. The number of hydrogen-bond acceptors (Lipinski definition) is 0. The Bertz CT molecular complexity index is 1330. The molecule has 0 radical (unpaired) electrons. The summed E-state index contributed by atoms with van der Waals surface area (Å²) in [4.78, 5) is 0. The summed E-state index contributed by atoms with van der Waals surface area (Å²) >= 11 is 0. The van der Waals surface area contributed by atoms with Crippen LogP contribution in [-0.4, -0.2) is 0 Å². The van der Waals surface area contributed by atoms with Gasteiger partial charge in [-0.1, -0.05) is 134 Å². The number of hydrogen-bond donors (Lipinski definition) is 0. The molecule has 0 fully saturated rings. The van der Waals surface area contributed by atoms with E-state index in [2.05, 4.69) is 134 Å². The van der Waals surface area contributed by atoms with Crippen molar-refractivity contribution in [3.05, 3.63) is 140 Å². The largest absolute Gasteiger partial charge is 0.0984 e. The first-order valence-corrected chi connectivity index (χ1v) is 10.9. The lowest BCUT2D eigenvalue weighted by molar-refractivity contribution is 1.53. The molecule has 5 aromatic carbocycles. The molecular weight excluding hydrogens is 384 g/mol. The number of benzene rings is 5. The fourth-order valence-corrected chi connectivity index (χ4v) is 4.42. The molecule has 0 nitrogen and oxygen atoms in total. The van der Waals surface area contributed by atoms with Crippen LogP contribution in [-0.2, 0) is 0 Å². The van der Waals surface area contributed by atoms with Crippen LogP contribution in [0.1, 0.15) is 5.56 Å². The Labute approximate surface area is 190 Å². The smallest absolute Gasteiger partial charge is 0.00145 e. The minimum Gasteiger partial charge on any atom is -0.0984 e. The summed E-state index contributed by atoms with van der Waals surface area (Å²) in [7, 11) is 0. The van der Waals surface area contributed by atoms with E-state index in [9.17, 15) is 0 Å². The van der Waals surface area contributed by atoms with E-state index < -0.39 is 0 Å². The standard InChI is InChI=1S/C32H24/c1-2-24-23-29(25-15-7-3-8-16-25)31(27-19-11-5-12-20-27)32(28-21-13-6-14-22-28)30(24)26-17-9-4-10-18-26/h2-23H,1H2. The topological polar surface area (TPSA) is 0 Å². The summed E-state index contributed by atoms with van der Waals surface area (Å²) in [5, 5.41) is 0. The minimum atomic E-state index is 1.13. The highest BCUT2D eigenvalue weighted by Crippen LogP contribution is 2.47. The fourth-order valence-electron chi connectivity index (χ4n) is 4.42. The van der Waals surface area contributed by atoms with E-state index in [1.165, 1.54) is 44.5 Å². The van der Waals surface area contributed by atoms with Crippen molar-refractivity contribution in [3.63, 3.8) is 0 Å². The first-order valence-electron chi connectivity index (χ1n) is 10.9. The van der Waals surface area contributed by atoms with Gasteiger partial charge in [-0.15, -0.1) is 0 Å². The Morgan fingerprint density at radius 3 is 1.22 bits per heavy atom. The predicted octanol–water partition coefficient (Wildman–Crippen LogP) is 9.00. The van der Waals surface area contributed by atoms with Crippen molar-refractivity contribution < 1.29 is 0 Å². The molecule has 0 atom stereocenters. The Morgan fingerprint density at radius 1 is 0.406 bits per heavy atom. The van der Waals surface area contributed by atoms with Crippen molar-refractivity contribution in [1.29, 1.82) is 0 Å². The first-order chi connectivity index (χ1) is 15.9. The van der Waals surface area contributed by atoms with E-state index in [4.69, 9.17) is 0 Å². The summed E-state index contributed by atoms with van der Waals surface area (Å²) in [5.41, 5.74) is 10.8. The molecule has 0 amide bonds. The molecule has 5 aromatic rings. The predicted molar refractivity (Wildman–Crippen MR) is 138 cm³/mol. The van der Waals surface area contributed by atoms with Gasteiger partial charge in [-0.05, 0) is 56.1 Å². The first kappa shape index (κ1) is 19.8. The molecular formula is C32H24. The Kier molecular flexibility index (Phi) is 5.51. The molecule has 0 saturated heterocycles. The van der Waals surface area contributed by atoms with Gasteiger partial charge in [0.25, 0.3) is 0 Å². The van der Waals surface area contributed by atoms with Gasteiger partial charge in [0.2, 0.25) is 0 Å². The molecule has 0 aliphatic carbocycles. The average molecular weight is 409 g/mol. The van der Waals surface area contributed by atoms with Gasteiger partial charge >= 0.3 is 0 Å². The molecule has 0 aromatic heterocycles. The highest BCUT2D eigenvalue weighted by Gasteiger charge is 2.21. The molecule has 0 heterocycles. The normalized spacial score (nSPS) is 10.6. The molecule has 0 spiro atoms. The van der Waals surface area contributed by atoms with E-state index in [1.807, 2.05) is 6.08 Å². The summed E-state index contributed by atoms with van der Waals surface area (Å²) in [5.74, 6) is 0. The van der Waals surface area contributed by atoms with Crippen LogP contribution in [0.2, 0.25) is 0 Å². The quantitative estimate of drug-likeness (QED) is 0.272. The van der Waals surface area contributed by atoms with Crippen molar-refractivity contribution in [2.45, 2.75) is 0 Å². The van der Waals surface area contributed by atoms with Crippen LogP contribution in [0, 0.1) is 0 Å². The molecule has 152 valence electrons. The Balaban J connectivity index is 1.99. The molecule has 5 rings (SSSR count). The Hall–Kier alpha value is -4.16. The van der Waals surface area contributed by atoms with Crippen molar-refractivity contribution in [2.24, 2.45) is 0 Å². The zero-order valence-electron chi connectivity index (χ0n) is 17.9. The van der Waals surface area contributed by atoms with Gasteiger partial charge in [-0.25, -0.2) is 0 Å². The van der Waals surface area contributed by atoms with Crippen LogP contribution in [0.15, 0.2) is 134 Å². The summed E-state index contributed by atoms with van der Waals surface area (Å²) in [6.07, 6.45) is 1.98. The maximum Gasteiger partial charge on any atom is -0.00145 e. The fraction of sp³-hybridized carbons (Fsp3) is 0. The van der Waals surface area contributed by atoms with E-state index in [0.717, 1.165) is 5.56 Å². The van der Waals surface area contributed by atoms with Gasteiger partial charge in [0, 0.05) is 0 Å². The van der Waals surface area contributed by atoms with Gasteiger partial charge in [-0.3, -0.25) is 0 Å². The zero-order chi connectivity index (χ0) is 21.8. The molecule has 0 aliphatic rings. The summed E-state index contributed by atoms with van der Waals surface area (Å²) in [6, 6.07) is 45.0. The molecule has 0 N–H and O–H groups in total. The van der Waals surface area contributed by atoms with Crippen LogP contribution >= 0.6 is 0 Å². The van der Waals surface area contributed by atoms with Crippen molar-refractivity contribution >= 4 is 6.08 Å². The average Bonchev–Trinajstić information content (AvgIpc) is 2.89. The van der Waals surface area contributed by atoms with Crippen LogP contribution in [0.25, 0.3) is 50.6 Å². The molecule has 0 aliphatic heterocycles. The molecule has 0 saturated carbocycles. The third kappa shape index (κ3) is 3.68. The second-order valence-electron chi connectivity index (χ2n) is 7.81. The van der Waals surface area contributed by atoms with Gasteiger partial charge in [0.15, 0.2) is 0 Å². The minimum absolute atomic E-state index is 1.13. The van der Waals surface area contributed by atoms with Gasteiger partial charge < -0.3 is 0 Å². The van der Waals surface area contributed by atoms with E-state index in [0.29, 0.717) is 0 Å². The second kappa shape index (κ2) is 8.91. The zero-order valence-corrected chi connectivity index (χ0v) is 17.9. The van der Waals surface area contributed by atoms with E-state index in [1.54, 1.807) is 0 Å². The van der Waals surface area contributed by atoms with Crippen LogP contribution in [0.5, 0.6) is 0 Å². The van der Waals surface area contributed by atoms with Gasteiger partial charge in [-0.2, -0.15) is 0 Å². The third-order valence-corrected chi connectivity index (χ3v) is 5.85. The maximum atomic E-state index is 4.19. The molecule has 0 unspecified atom stereocenters. The van der Waals surface area contributed by atoms with Crippen LogP contribution < -0.4 is 0 Å². The maximum absolute atomic E-state index is 4.19. The van der Waals surface area contributed by atoms with E-state index >= 15 is 0 Å². The van der Waals surface area contributed by atoms with Gasteiger partial charge in [0.1, 0.15) is 0 Å². The van der Waals surface area contributed by atoms with Crippen molar-refractivity contribution in [1.82, 2.24) is 0 Å². The summed E-state index contributed by atoms with van der Waals surface area (Å²) in [6.45, 7) is 4.19. The Morgan fingerprint density at radius 2 is 0.781 bits per heavy atom. The highest BCUT2D eigenvalue weighted by atomic mass is 14.2. The molecule has 0 heteroatoms. The lowest BCUT2D eigenvalue weighted by Crippen LogP contribution is -1.97. The molecule has 0 bridgehead atoms. The number of rotatable bonds is 5. The summed E-state index contributed by atoms with van der Waals surface area (Å²) < 4.78 is 0. The van der Waals surface area contributed by atoms with Crippen LogP contribution in [0.4, 0.5) is 0 Å².